The molecule has 1 aromatic carbocycles. The van der Waals surface area contributed by atoms with Crippen molar-refractivity contribution in [3.8, 4) is 11.5 Å². The zero-order valence-electron chi connectivity index (χ0n) is 14.0. The Kier molecular flexibility index (Phi) is 6.49. The highest BCUT2D eigenvalue weighted by Gasteiger charge is 2.11. The lowest BCUT2D eigenvalue weighted by molar-refractivity contribution is -0.402. The highest BCUT2D eigenvalue weighted by atomic mass is 16.6. The van der Waals surface area contributed by atoms with E-state index in [0.717, 1.165) is 11.8 Å². The van der Waals surface area contributed by atoms with Crippen LogP contribution in [-0.4, -0.2) is 30.8 Å². The van der Waals surface area contributed by atoms with Crippen LogP contribution in [0.4, 0.5) is 5.88 Å². The first-order valence-electron chi connectivity index (χ1n) is 7.50. The molecule has 0 saturated carbocycles. The second-order valence-corrected chi connectivity index (χ2v) is 4.99. The number of nitro groups is 1. The summed E-state index contributed by atoms with van der Waals surface area (Å²) in [6.07, 6.45) is 3.61. The summed E-state index contributed by atoms with van der Waals surface area (Å²) in [5.41, 5.74) is 3.24. The molecule has 2 rings (SSSR count). The molecule has 0 aliphatic heterocycles. The maximum Gasteiger partial charge on any atom is 0.433 e. The van der Waals surface area contributed by atoms with E-state index in [1.807, 2.05) is 6.07 Å². The number of furan rings is 1. The van der Waals surface area contributed by atoms with Gasteiger partial charge < -0.3 is 13.9 Å². The number of carbonyl (C=O) groups excluding carboxylic acids is 1. The standard InChI is InChI=1S/C17H17N3O6/c1-3-4-12-5-7-14(15(9-12)24-2)25-11-16(21)19-18-10-13-6-8-17(26-13)20(22)23/h3,5-10H,1,4,11H2,2H3,(H,19,21)/b18-10+. The fraction of sp³-hybridized carbons (Fsp3) is 0.176. The Morgan fingerprint density at radius 2 is 2.19 bits per heavy atom. The van der Waals surface area contributed by atoms with E-state index in [2.05, 4.69) is 17.1 Å². The van der Waals surface area contributed by atoms with Crippen LogP contribution in [0.5, 0.6) is 11.5 Å². The molecular weight excluding hydrogens is 342 g/mol. The fourth-order valence-corrected chi connectivity index (χ4v) is 1.98. The summed E-state index contributed by atoms with van der Waals surface area (Å²) in [5, 5.41) is 14.1. The van der Waals surface area contributed by atoms with Gasteiger partial charge in [0.25, 0.3) is 5.91 Å². The number of hydrazone groups is 1. The Morgan fingerprint density at radius 3 is 2.85 bits per heavy atom. The van der Waals surface area contributed by atoms with Crippen LogP contribution in [-0.2, 0) is 11.2 Å². The number of rotatable bonds is 9. The lowest BCUT2D eigenvalue weighted by atomic mass is 10.1. The third-order valence-electron chi connectivity index (χ3n) is 3.14. The van der Waals surface area contributed by atoms with Crippen LogP contribution in [0.2, 0.25) is 0 Å². The molecule has 0 spiro atoms. The zero-order valence-corrected chi connectivity index (χ0v) is 14.0. The predicted molar refractivity (Wildman–Crippen MR) is 93.5 cm³/mol. The van der Waals surface area contributed by atoms with Gasteiger partial charge in [0, 0.05) is 0 Å². The molecule has 136 valence electrons. The van der Waals surface area contributed by atoms with Crippen molar-refractivity contribution < 1.29 is 23.6 Å². The van der Waals surface area contributed by atoms with Crippen LogP contribution in [0.1, 0.15) is 11.3 Å². The Hall–Kier alpha value is -3.62. The van der Waals surface area contributed by atoms with Crippen molar-refractivity contribution in [2.45, 2.75) is 6.42 Å². The molecule has 0 aliphatic carbocycles. The third-order valence-corrected chi connectivity index (χ3v) is 3.14. The summed E-state index contributed by atoms with van der Waals surface area (Å²) in [6, 6.07) is 7.90. The van der Waals surface area contributed by atoms with Crippen molar-refractivity contribution in [1.29, 1.82) is 0 Å². The Balaban J connectivity index is 1.87. The predicted octanol–water partition coefficient (Wildman–Crippen LogP) is 2.45. The molecule has 0 unspecified atom stereocenters. The molecule has 1 aromatic heterocycles. The smallest absolute Gasteiger partial charge is 0.433 e. The summed E-state index contributed by atoms with van der Waals surface area (Å²) in [7, 11) is 1.51. The lowest BCUT2D eigenvalue weighted by Crippen LogP contribution is -2.24. The topological polar surface area (TPSA) is 116 Å². The molecule has 0 atom stereocenters. The van der Waals surface area contributed by atoms with Gasteiger partial charge in [-0.2, -0.15) is 5.10 Å². The van der Waals surface area contributed by atoms with Gasteiger partial charge in [-0.05, 0) is 30.2 Å². The SMILES string of the molecule is C=CCc1ccc(OCC(=O)N/N=C/c2ccc([N+](=O)[O-])o2)c(OC)c1. The second kappa shape index (κ2) is 9.02. The van der Waals surface area contributed by atoms with Gasteiger partial charge in [0.05, 0.1) is 19.4 Å². The Bertz CT molecular complexity index is 828. The van der Waals surface area contributed by atoms with E-state index >= 15 is 0 Å². The number of nitrogens with zero attached hydrogens (tertiary/aromatic N) is 2. The fourth-order valence-electron chi connectivity index (χ4n) is 1.98. The highest BCUT2D eigenvalue weighted by molar-refractivity contribution is 5.81. The first-order valence-corrected chi connectivity index (χ1v) is 7.50. The van der Waals surface area contributed by atoms with Crippen molar-refractivity contribution in [3.05, 3.63) is 64.4 Å². The first-order chi connectivity index (χ1) is 12.5. The van der Waals surface area contributed by atoms with E-state index in [0.29, 0.717) is 17.9 Å². The molecule has 2 aromatic rings. The number of ether oxygens (including phenoxy) is 2. The van der Waals surface area contributed by atoms with Crippen molar-refractivity contribution in [1.82, 2.24) is 5.43 Å². The molecule has 0 aliphatic rings. The maximum atomic E-state index is 11.7. The summed E-state index contributed by atoms with van der Waals surface area (Å²) < 4.78 is 15.5. The summed E-state index contributed by atoms with van der Waals surface area (Å²) in [6.45, 7) is 3.39. The largest absolute Gasteiger partial charge is 0.493 e. The van der Waals surface area contributed by atoms with Crippen LogP contribution in [0.3, 0.4) is 0 Å². The molecular formula is C17H17N3O6. The molecule has 1 heterocycles. The number of hydrogen-bond donors (Lipinski definition) is 1. The number of methoxy groups -OCH3 is 1. The van der Waals surface area contributed by atoms with E-state index in [9.17, 15) is 14.9 Å². The molecule has 9 heteroatoms. The Morgan fingerprint density at radius 1 is 1.38 bits per heavy atom. The number of allylic oxidation sites excluding steroid dienone is 1. The van der Waals surface area contributed by atoms with Crippen molar-refractivity contribution in [2.75, 3.05) is 13.7 Å². The van der Waals surface area contributed by atoms with Crippen molar-refractivity contribution in [2.24, 2.45) is 5.10 Å². The molecule has 1 N–H and O–H groups in total. The van der Waals surface area contributed by atoms with E-state index in [-0.39, 0.29) is 12.4 Å². The molecule has 26 heavy (non-hydrogen) atoms. The van der Waals surface area contributed by atoms with Crippen LogP contribution < -0.4 is 14.9 Å². The van der Waals surface area contributed by atoms with Gasteiger partial charge in [-0.15, -0.1) is 6.58 Å². The average Bonchev–Trinajstić information content (AvgIpc) is 3.10. The van der Waals surface area contributed by atoms with Gasteiger partial charge in [-0.3, -0.25) is 14.9 Å². The van der Waals surface area contributed by atoms with E-state index in [1.54, 1.807) is 18.2 Å². The number of carbonyl (C=O) groups is 1. The zero-order chi connectivity index (χ0) is 18.9. The highest BCUT2D eigenvalue weighted by Crippen LogP contribution is 2.28. The minimum Gasteiger partial charge on any atom is -0.493 e. The second-order valence-electron chi connectivity index (χ2n) is 4.99. The minimum atomic E-state index is -0.669. The first kappa shape index (κ1) is 18.7. The van der Waals surface area contributed by atoms with Gasteiger partial charge in [0.2, 0.25) is 0 Å². The average molecular weight is 359 g/mol. The quantitative estimate of drug-likeness (QED) is 0.318. The van der Waals surface area contributed by atoms with E-state index < -0.39 is 16.7 Å². The number of hydrogen-bond acceptors (Lipinski definition) is 7. The van der Waals surface area contributed by atoms with Gasteiger partial charge in [0.15, 0.2) is 23.9 Å². The summed E-state index contributed by atoms with van der Waals surface area (Å²) >= 11 is 0. The summed E-state index contributed by atoms with van der Waals surface area (Å²) in [5.74, 6) is 0.134. The molecule has 0 fully saturated rings. The number of nitrogens with one attached hydrogen (secondary N) is 1. The monoisotopic (exact) mass is 359 g/mol. The van der Waals surface area contributed by atoms with Crippen molar-refractivity contribution >= 4 is 18.0 Å². The normalized spacial score (nSPS) is 10.5. The van der Waals surface area contributed by atoms with E-state index in [4.69, 9.17) is 13.9 Å². The number of benzene rings is 1. The summed E-state index contributed by atoms with van der Waals surface area (Å²) in [4.78, 5) is 21.6. The van der Waals surface area contributed by atoms with Crippen LogP contribution in [0, 0.1) is 10.1 Å². The lowest BCUT2D eigenvalue weighted by Gasteiger charge is -2.11. The molecule has 9 nitrogen and oxygen atoms in total. The minimum absolute atomic E-state index is 0.136. The maximum absolute atomic E-state index is 11.7. The van der Waals surface area contributed by atoms with Crippen LogP contribution >= 0.6 is 0 Å². The molecule has 1 amide bonds. The van der Waals surface area contributed by atoms with Gasteiger partial charge in [-0.1, -0.05) is 12.1 Å². The van der Waals surface area contributed by atoms with Crippen LogP contribution in [0.15, 0.2) is 52.5 Å². The van der Waals surface area contributed by atoms with Gasteiger partial charge >= 0.3 is 5.88 Å². The third kappa shape index (κ3) is 5.20. The number of amides is 1. The molecule has 0 radical (unpaired) electrons. The van der Waals surface area contributed by atoms with E-state index in [1.165, 1.54) is 19.2 Å². The van der Waals surface area contributed by atoms with Gasteiger partial charge in [0.1, 0.15) is 4.92 Å². The van der Waals surface area contributed by atoms with Crippen LogP contribution in [0.25, 0.3) is 0 Å². The van der Waals surface area contributed by atoms with Crippen molar-refractivity contribution in [3.63, 3.8) is 0 Å². The molecule has 0 bridgehead atoms. The molecule has 0 saturated heterocycles. The van der Waals surface area contributed by atoms with Gasteiger partial charge in [-0.25, -0.2) is 5.43 Å². The Labute approximate surface area is 149 Å².